The highest BCUT2D eigenvalue weighted by molar-refractivity contribution is 5.85. The van der Waals surface area contributed by atoms with Crippen molar-refractivity contribution >= 4 is 11.9 Å². The first-order valence-corrected chi connectivity index (χ1v) is 10.8. The van der Waals surface area contributed by atoms with Gasteiger partial charge in [0, 0.05) is 24.2 Å². The summed E-state index contributed by atoms with van der Waals surface area (Å²) < 4.78 is 46.4. The number of carbonyl (C=O) groups is 1. The van der Waals surface area contributed by atoms with Gasteiger partial charge in [0.05, 0.1) is 17.8 Å². The SMILES string of the molecule is CCC(=O)N(CC)CCOc1nc(N)nc(-c2ccc(F)cc2)c1-c1cc(C)nc(C(F)F)c1. The molecule has 0 unspecified atom stereocenters. The first kappa shape index (κ1) is 24.9. The van der Waals surface area contributed by atoms with Crippen molar-refractivity contribution in [1.82, 2.24) is 19.9 Å². The molecule has 3 aromatic rings. The Balaban J connectivity index is 2.12. The highest BCUT2D eigenvalue weighted by atomic mass is 19.3. The summed E-state index contributed by atoms with van der Waals surface area (Å²) in [5, 5.41) is 0. The number of halogens is 3. The predicted molar refractivity (Wildman–Crippen MR) is 123 cm³/mol. The van der Waals surface area contributed by atoms with Crippen molar-refractivity contribution in [3.8, 4) is 28.3 Å². The van der Waals surface area contributed by atoms with E-state index in [9.17, 15) is 18.0 Å². The number of rotatable bonds is 9. The molecule has 0 atom stereocenters. The zero-order valence-electron chi connectivity index (χ0n) is 19.2. The number of nitrogens with two attached hydrogens (primary N) is 1. The number of amides is 1. The molecule has 0 saturated heterocycles. The second-order valence-electron chi connectivity index (χ2n) is 7.52. The van der Waals surface area contributed by atoms with Crippen LogP contribution in [0.5, 0.6) is 5.88 Å². The summed E-state index contributed by atoms with van der Waals surface area (Å²) in [6.07, 6.45) is -2.42. The second-order valence-corrected chi connectivity index (χ2v) is 7.52. The number of anilines is 1. The lowest BCUT2D eigenvalue weighted by atomic mass is 9.99. The van der Waals surface area contributed by atoms with Crippen LogP contribution in [0.15, 0.2) is 36.4 Å². The number of pyridine rings is 1. The number of alkyl halides is 2. The molecule has 0 fully saturated rings. The normalized spacial score (nSPS) is 11.0. The third kappa shape index (κ3) is 5.81. The van der Waals surface area contributed by atoms with E-state index in [1.807, 2.05) is 6.92 Å². The van der Waals surface area contributed by atoms with Gasteiger partial charge in [0.15, 0.2) is 0 Å². The highest BCUT2D eigenvalue weighted by Gasteiger charge is 2.22. The zero-order valence-corrected chi connectivity index (χ0v) is 19.2. The Bertz CT molecular complexity index is 1160. The van der Waals surface area contributed by atoms with Gasteiger partial charge < -0.3 is 15.4 Å². The van der Waals surface area contributed by atoms with E-state index in [-0.39, 0.29) is 24.3 Å². The molecule has 0 saturated carbocycles. The summed E-state index contributed by atoms with van der Waals surface area (Å²) in [5.41, 5.74) is 7.36. The standard InChI is InChI=1S/C24H26F3N5O2/c1-4-19(33)32(5-2)10-11-34-23-20(16-12-14(3)29-18(13-16)22(26)27)21(30-24(28)31-23)15-6-8-17(25)9-7-15/h6-9,12-13,22H,4-5,10-11H2,1-3H3,(H2,28,30,31). The molecule has 1 amide bonds. The van der Waals surface area contributed by atoms with Gasteiger partial charge in [-0.1, -0.05) is 6.92 Å². The van der Waals surface area contributed by atoms with Crippen molar-refractivity contribution in [2.75, 3.05) is 25.4 Å². The summed E-state index contributed by atoms with van der Waals surface area (Å²) in [7, 11) is 0. The topological polar surface area (TPSA) is 94.2 Å². The van der Waals surface area contributed by atoms with E-state index in [0.29, 0.717) is 47.6 Å². The summed E-state index contributed by atoms with van der Waals surface area (Å²) in [6.45, 7) is 6.14. The van der Waals surface area contributed by atoms with Gasteiger partial charge in [-0.15, -0.1) is 0 Å². The Hall–Kier alpha value is -3.69. The Morgan fingerprint density at radius 2 is 1.79 bits per heavy atom. The van der Waals surface area contributed by atoms with Crippen molar-refractivity contribution in [2.24, 2.45) is 0 Å². The maximum Gasteiger partial charge on any atom is 0.280 e. The minimum atomic E-state index is -2.79. The Kier molecular flexibility index (Phi) is 8.04. The molecule has 2 aromatic heterocycles. The van der Waals surface area contributed by atoms with Crippen LogP contribution >= 0.6 is 0 Å². The lowest BCUT2D eigenvalue weighted by Gasteiger charge is -2.21. The molecule has 10 heteroatoms. The fourth-order valence-corrected chi connectivity index (χ4v) is 3.52. The number of ether oxygens (including phenoxy) is 1. The number of hydrogen-bond donors (Lipinski definition) is 1. The van der Waals surface area contributed by atoms with E-state index >= 15 is 0 Å². The smallest absolute Gasteiger partial charge is 0.280 e. The average Bonchev–Trinajstić information content (AvgIpc) is 2.81. The Morgan fingerprint density at radius 1 is 1.09 bits per heavy atom. The molecule has 0 aliphatic rings. The molecule has 34 heavy (non-hydrogen) atoms. The number of benzene rings is 1. The van der Waals surface area contributed by atoms with Gasteiger partial charge in [0.2, 0.25) is 17.7 Å². The van der Waals surface area contributed by atoms with Gasteiger partial charge in [0.1, 0.15) is 18.1 Å². The van der Waals surface area contributed by atoms with Crippen molar-refractivity contribution in [3.05, 3.63) is 53.6 Å². The van der Waals surface area contributed by atoms with E-state index in [1.165, 1.54) is 30.3 Å². The van der Waals surface area contributed by atoms with Crippen LogP contribution in [0.3, 0.4) is 0 Å². The molecule has 2 N–H and O–H groups in total. The van der Waals surface area contributed by atoms with Gasteiger partial charge in [-0.05, 0) is 55.8 Å². The van der Waals surface area contributed by atoms with Crippen molar-refractivity contribution in [3.63, 3.8) is 0 Å². The van der Waals surface area contributed by atoms with Gasteiger partial charge in [-0.25, -0.2) is 18.2 Å². The minimum absolute atomic E-state index is 0.0214. The summed E-state index contributed by atoms with van der Waals surface area (Å²) in [5.74, 6) is -0.497. The number of aryl methyl sites for hydroxylation is 1. The maximum absolute atomic E-state index is 13.5. The van der Waals surface area contributed by atoms with E-state index < -0.39 is 17.9 Å². The molecule has 0 aliphatic carbocycles. The van der Waals surface area contributed by atoms with Gasteiger partial charge in [-0.2, -0.15) is 4.98 Å². The molecule has 1 aromatic carbocycles. The van der Waals surface area contributed by atoms with Crippen LogP contribution in [0, 0.1) is 12.7 Å². The van der Waals surface area contributed by atoms with Gasteiger partial charge in [-0.3, -0.25) is 9.78 Å². The molecule has 2 heterocycles. The number of nitrogen functional groups attached to an aromatic ring is 1. The number of nitrogens with zero attached hydrogens (tertiary/aromatic N) is 4. The van der Waals surface area contributed by atoms with E-state index in [1.54, 1.807) is 24.8 Å². The Labute approximate surface area is 195 Å². The molecule has 0 spiro atoms. The first-order chi connectivity index (χ1) is 16.2. The van der Waals surface area contributed by atoms with Crippen LogP contribution in [0.25, 0.3) is 22.4 Å². The predicted octanol–water partition coefficient (Wildman–Crippen LogP) is 4.81. The number of hydrogen-bond acceptors (Lipinski definition) is 6. The molecule has 3 rings (SSSR count). The quantitative estimate of drug-likeness (QED) is 0.479. The molecule has 180 valence electrons. The van der Waals surface area contributed by atoms with Crippen LogP contribution in [0.1, 0.15) is 38.1 Å². The minimum Gasteiger partial charge on any atom is -0.475 e. The van der Waals surface area contributed by atoms with Crippen molar-refractivity contribution < 1.29 is 22.7 Å². The molecule has 0 radical (unpaired) electrons. The van der Waals surface area contributed by atoms with Crippen LogP contribution in [-0.2, 0) is 4.79 Å². The molecule has 7 nitrogen and oxygen atoms in total. The number of likely N-dealkylation sites (N-methyl/N-ethyl adjacent to an activating group) is 1. The highest BCUT2D eigenvalue weighted by Crippen LogP contribution is 2.39. The maximum atomic E-state index is 13.5. The van der Waals surface area contributed by atoms with E-state index in [2.05, 4.69) is 15.0 Å². The fraction of sp³-hybridized carbons (Fsp3) is 0.333. The third-order valence-electron chi connectivity index (χ3n) is 5.13. The second kappa shape index (κ2) is 11.0. The third-order valence-corrected chi connectivity index (χ3v) is 5.13. The summed E-state index contributed by atoms with van der Waals surface area (Å²) in [6, 6.07) is 8.38. The van der Waals surface area contributed by atoms with Gasteiger partial charge >= 0.3 is 0 Å². The summed E-state index contributed by atoms with van der Waals surface area (Å²) >= 11 is 0. The van der Waals surface area contributed by atoms with Gasteiger partial charge in [0.25, 0.3) is 6.43 Å². The van der Waals surface area contributed by atoms with E-state index in [0.717, 1.165) is 0 Å². The van der Waals surface area contributed by atoms with Crippen molar-refractivity contribution in [1.29, 1.82) is 0 Å². The molecular formula is C24H26F3N5O2. The molecule has 0 aliphatic heterocycles. The molecule has 0 bridgehead atoms. The van der Waals surface area contributed by atoms with E-state index in [4.69, 9.17) is 10.5 Å². The van der Waals surface area contributed by atoms with Crippen molar-refractivity contribution in [2.45, 2.75) is 33.6 Å². The van der Waals surface area contributed by atoms with Crippen LogP contribution in [0.4, 0.5) is 19.1 Å². The molecular weight excluding hydrogens is 447 g/mol. The van der Waals surface area contributed by atoms with Crippen LogP contribution in [-0.4, -0.2) is 45.5 Å². The zero-order chi connectivity index (χ0) is 24.8. The Morgan fingerprint density at radius 3 is 2.41 bits per heavy atom. The summed E-state index contributed by atoms with van der Waals surface area (Å²) in [4.78, 5) is 26.1. The largest absolute Gasteiger partial charge is 0.475 e. The van der Waals surface area contributed by atoms with Crippen LogP contribution in [0.2, 0.25) is 0 Å². The number of aromatic nitrogens is 3. The fourth-order valence-electron chi connectivity index (χ4n) is 3.52. The monoisotopic (exact) mass is 473 g/mol. The first-order valence-electron chi connectivity index (χ1n) is 10.8. The average molecular weight is 473 g/mol. The lowest BCUT2D eigenvalue weighted by molar-refractivity contribution is -0.131. The van der Waals surface area contributed by atoms with Crippen LogP contribution < -0.4 is 10.5 Å². The number of carbonyl (C=O) groups excluding carboxylic acids is 1. The lowest BCUT2D eigenvalue weighted by Crippen LogP contribution is -2.34.